The zero-order valence-electron chi connectivity index (χ0n) is 15.3. The maximum atomic E-state index is 12.6. The van der Waals surface area contributed by atoms with Crippen molar-refractivity contribution in [3.8, 4) is 0 Å². The Balaban J connectivity index is 1.53. The Hall–Kier alpha value is -2.60. The number of nitrogens with zero attached hydrogens (tertiary/aromatic N) is 3. The Morgan fingerprint density at radius 2 is 1.89 bits per heavy atom. The Morgan fingerprint density at radius 3 is 2.63 bits per heavy atom. The number of thioether (sulfide) groups is 1. The van der Waals surface area contributed by atoms with E-state index in [1.807, 2.05) is 30.3 Å². The minimum Gasteiger partial charge on any atom is -0.356 e. The van der Waals surface area contributed by atoms with Crippen LogP contribution in [0.3, 0.4) is 0 Å². The Kier molecular flexibility index (Phi) is 5.25. The topological polar surface area (TPSA) is 58.1 Å². The molecule has 138 valence electrons. The van der Waals surface area contributed by atoms with Crippen LogP contribution < -0.4 is 10.2 Å². The molecule has 6 heteroatoms. The molecule has 1 aromatic heterocycles. The SMILES string of the molecule is CSc1ccc(CNC(=O)c2ccc3ncnc(N4CCCC4)c3c2)cc1. The molecule has 2 heterocycles. The molecule has 3 aromatic rings. The second-order valence-corrected chi connectivity index (χ2v) is 7.53. The zero-order valence-corrected chi connectivity index (χ0v) is 16.1. The largest absolute Gasteiger partial charge is 0.356 e. The van der Waals surface area contributed by atoms with Crippen LogP contribution in [0.25, 0.3) is 10.9 Å². The summed E-state index contributed by atoms with van der Waals surface area (Å²) in [6.07, 6.45) is 6.02. The number of aromatic nitrogens is 2. The first-order valence-electron chi connectivity index (χ1n) is 9.15. The summed E-state index contributed by atoms with van der Waals surface area (Å²) in [7, 11) is 0. The lowest BCUT2D eigenvalue weighted by Crippen LogP contribution is -2.23. The summed E-state index contributed by atoms with van der Waals surface area (Å²) in [5.74, 6) is 0.849. The molecule has 0 radical (unpaired) electrons. The van der Waals surface area contributed by atoms with Crippen LogP contribution in [0.5, 0.6) is 0 Å². The van der Waals surface area contributed by atoms with Gasteiger partial charge in [-0.3, -0.25) is 4.79 Å². The number of carbonyl (C=O) groups is 1. The van der Waals surface area contributed by atoms with Gasteiger partial charge in [-0.15, -0.1) is 11.8 Å². The lowest BCUT2D eigenvalue weighted by atomic mass is 10.1. The minimum absolute atomic E-state index is 0.0814. The average Bonchev–Trinajstić information content (AvgIpc) is 3.26. The molecule has 2 aromatic carbocycles. The first-order valence-corrected chi connectivity index (χ1v) is 10.4. The number of hydrogen-bond donors (Lipinski definition) is 1. The van der Waals surface area contributed by atoms with Gasteiger partial charge in [0, 0.05) is 35.5 Å². The maximum absolute atomic E-state index is 12.6. The standard InChI is InChI=1S/C21H22N4OS/c1-27-17-7-4-15(5-8-17)13-22-21(26)16-6-9-19-18(12-16)20(24-14-23-19)25-10-2-3-11-25/h4-9,12,14H,2-3,10-11,13H2,1H3,(H,22,26). The first kappa shape index (κ1) is 17.8. The Bertz CT molecular complexity index is 952. The van der Waals surface area contributed by atoms with Crippen molar-refractivity contribution in [1.82, 2.24) is 15.3 Å². The quantitative estimate of drug-likeness (QED) is 0.683. The summed E-state index contributed by atoms with van der Waals surface area (Å²) in [5, 5.41) is 3.95. The smallest absolute Gasteiger partial charge is 0.251 e. The summed E-state index contributed by atoms with van der Waals surface area (Å²) in [4.78, 5) is 25.0. The van der Waals surface area contributed by atoms with Crippen LogP contribution >= 0.6 is 11.8 Å². The zero-order chi connectivity index (χ0) is 18.6. The minimum atomic E-state index is -0.0814. The van der Waals surface area contributed by atoms with Gasteiger partial charge in [0.25, 0.3) is 5.91 Å². The molecule has 1 fully saturated rings. The number of carbonyl (C=O) groups excluding carboxylic acids is 1. The fourth-order valence-electron chi connectivity index (χ4n) is 3.39. The van der Waals surface area contributed by atoms with Crippen LogP contribution in [0.2, 0.25) is 0 Å². The third-order valence-electron chi connectivity index (χ3n) is 4.89. The average molecular weight is 379 g/mol. The van der Waals surface area contributed by atoms with Gasteiger partial charge in [-0.1, -0.05) is 12.1 Å². The molecule has 1 N–H and O–H groups in total. The van der Waals surface area contributed by atoms with Gasteiger partial charge in [-0.05, 0) is 55.0 Å². The third-order valence-corrected chi connectivity index (χ3v) is 5.64. The van der Waals surface area contributed by atoms with Crippen LogP contribution in [-0.2, 0) is 6.54 Å². The van der Waals surface area contributed by atoms with E-state index in [2.05, 4.69) is 38.6 Å². The lowest BCUT2D eigenvalue weighted by Gasteiger charge is -2.18. The molecule has 0 aliphatic carbocycles. The molecule has 27 heavy (non-hydrogen) atoms. The van der Waals surface area contributed by atoms with Crippen LogP contribution in [0.15, 0.2) is 53.7 Å². The summed E-state index contributed by atoms with van der Waals surface area (Å²) in [6, 6.07) is 13.9. The molecule has 0 saturated carbocycles. The van der Waals surface area contributed by atoms with Gasteiger partial charge >= 0.3 is 0 Å². The summed E-state index contributed by atoms with van der Waals surface area (Å²) < 4.78 is 0. The van der Waals surface area contributed by atoms with Gasteiger partial charge < -0.3 is 10.2 Å². The van der Waals surface area contributed by atoms with Crippen molar-refractivity contribution >= 4 is 34.4 Å². The van der Waals surface area contributed by atoms with Gasteiger partial charge in [-0.25, -0.2) is 9.97 Å². The molecular weight excluding hydrogens is 356 g/mol. The fourth-order valence-corrected chi connectivity index (χ4v) is 3.80. The van der Waals surface area contributed by atoms with Crippen LogP contribution in [-0.4, -0.2) is 35.2 Å². The number of amides is 1. The second kappa shape index (κ2) is 7.96. The van der Waals surface area contributed by atoms with Gasteiger partial charge in [0.2, 0.25) is 0 Å². The molecule has 4 rings (SSSR count). The molecule has 0 spiro atoms. The molecular formula is C21H22N4OS. The van der Waals surface area contributed by atoms with Crippen molar-refractivity contribution in [3.05, 3.63) is 59.9 Å². The molecule has 1 aliphatic heterocycles. The highest BCUT2D eigenvalue weighted by Gasteiger charge is 2.17. The van der Waals surface area contributed by atoms with Crippen LogP contribution in [0.4, 0.5) is 5.82 Å². The molecule has 1 saturated heterocycles. The Labute approximate surface area is 163 Å². The highest BCUT2D eigenvalue weighted by atomic mass is 32.2. The molecule has 0 atom stereocenters. The van der Waals surface area contributed by atoms with Crippen LogP contribution in [0.1, 0.15) is 28.8 Å². The highest BCUT2D eigenvalue weighted by Crippen LogP contribution is 2.26. The molecule has 5 nitrogen and oxygen atoms in total. The number of anilines is 1. The van der Waals surface area contributed by atoms with Crippen molar-refractivity contribution < 1.29 is 4.79 Å². The number of nitrogens with one attached hydrogen (secondary N) is 1. The number of fused-ring (bicyclic) bond motifs is 1. The molecule has 0 bridgehead atoms. The van der Waals surface area contributed by atoms with E-state index in [4.69, 9.17) is 0 Å². The van der Waals surface area contributed by atoms with Crippen molar-refractivity contribution in [2.45, 2.75) is 24.3 Å². The highest BCUT2D eigenvalue weighted by molar-refractivity contribution is 7.98. The summed E-state index contributed by atoms with van der Waals surface area (Å²) >= 11 is 1.71. The van der Waals surface area contributed by atoms with Gasteiger partial charge in [0.15, 0.2) is 0 Å². The summed E-state index contributed by atoms with van der Waals surface area (Å²) in [6.45, 7) is 2.53. The van der Waals surface area contributed by atoms with Crippen LogP contribution in [0, 0.1) is 0 Å². The number of rotatable bonds is 5. The van der Waals surface area contributed by atoms with E-state index < -0.39 is 0 Å². The maximum Gasteiger partial charge on any atom is 0.251 e. The Morgan fingerprint density at radius 1 is 1.11 bits per heavy atom. The first-order chi connectivity index (χ1) is 13.2. The van der Waals surface area contributed by atoms with E-state index in [9.17, 15) is 4.79 Å². The monoisotopic (exact) mass is 378 g/mol. The van der Waals surface area contributed by atoms with Gasteiger partial charge in [-0.2, -0.15) is 0 Å². The molecule has 1 amide bonds. The number of hydrogen-bond acceptors (Lipinski definition) is 5. The van der Waals surface area contributed by atoms with E-state index in [0.29, 0.717) is 12.1 Å². The van der Waals surface area contributed by atoms with Crippen molar-refractivity contribution in [3.63, 3.8) is 0 Å². The summed E-state index contributed by atoms with van der Waals surface area (Å²) in [5.41, 5.74) is 2.60. The van der Waals surface area contributed by atoms with Gasteiger partial charge in [0.1, 0.15) is 12.1 Å². The van der Waals surface area contributed by atoms with E-state index >= 15 is 0 Å². The van der Waals surface area contributed by atoms with E-state index in [0.717, 1.165) is 35.4 Å². The molecule has 1 aliphatic rings. The van der Waals surface area contributed by atoms with E-state index in [1.54, 1.807) is 18.1 Å². The van der Waals surface area contributed by atoms with Crippen molar-refractivity contribution in [2.75, 3.05) is 24.2 Å². The van der Waals surface area contributed by atoms with E-state index in [1.165, 1.54) is 17.7 Å². The van der Waals surface area contributed by atoms with Crippen molar-refractivity contribution in [1.29, 1.82) is 0 Å². The predicted octanol–water partition coefficient (Wildman–Crippen LogP) is 3.88. The normalized spacial score (nSPS) is 13.9. The number of benzene rings is 2. The lowest BCUT2D eigenvalue weighted by molar-refractivity contribution is 0.0951. The molecule has 0 unspecified atom stereocenters. The second-order valence-electron chi connectivity index (χ2n) is 6.65. The van der Waals surface area contributed by atoms with Gasteiger partial charge in [0.05, 0.1) is 5.52 Å². The van der Waals surface area contributed by atoms with E-state index in [-0.39, 0.29) is 5.91 Å². The fraction of sp³-hybridized carbons (Fsp3) is 0.286. The van der Waals surface area contributed by atoms with Crippen molar-refractivity contribution in [2.24, 2.45) is 0 Å². The predicted molar refractivity (Wildman–Crippen MR) is 110 cm³/mol. The third kappa shape index (κ3) is 3.90.